The van der Waals surface area contributed by atoms with Gasteiger partial charge in [0.2, 0.25) is 5.91 Å². The normalized spacial score (nSPS) is 15.9. The zero-order chi connectivity index (χ0) is 12.5. The van der Waals surface area contributed by atoms with Crippen molar-refractivity contribution in [2.75, 3.05) is 26.7 Å². The van der Waals surface area contributed by atoms with Crippen LogP contribution in [-0.2, 0) is 14.3 Å². The van der Waals surface area contributed by atoms with Gasteiger partial charge in [-0.3, -0.25) is 4.79 Å². The summed E-state index contributed by atoms with van der Waals surface area (Å²) in [5.74, 6) is -0.219. The Balaban J connectivity index is 2.11. The molecule has 5 heteroatoms. The number of hydrogen-bond acceptors (Lipinski definition) is 4. The average molecular weight is 240 g/mol. The highest BCUT2D eigenvalue weighted by Gasteiger charge is 2.15. The summed E-state index contributed by atoms with van der Waals surface area (Å²) in [7, 11) is 1.33. The first-order chi connectivity index (χ1) is 8.24. The fourth-order valence-electron chi connectivity index (χ4n) is 1.76. The molecule has 0 radical (unpaired) electrons. The van der Waals surface area contributed by atoms with Crippen LogP contribution in [0.2, 0.25) is 0 Å². The molecule has 0 unspecified atom stereocenters. The Morgan fingerprint density at radius 3 is 2.65 bits per heavy atom. The minimum absolute atomic E-state index is 0.184. The third-order valence-corrected chi connectivity index (χ3v) is 2.73. The third-order valence-electron chi connectivity index (χ3n) is 2.73. The predicted molar refractivity (Wildman–Crippen MR) is 64.2 cm³/mol. The molecule has 1 saturated heterocycles. The second-order valence-electron chi connectivity index (χ2n) is 4.00. The van der Waals surface area contributed by atoms with Crippen LogP contribution < -0.4 is 5.32 Å². The molecule has 0 saturated carbocycles. The number of carbonyl (C=O) groups excluding carboxylic acids is 2. The van der Waals surface area contributed by atoms with E-state index in [1.54, 1.807) is 0 Å². The Kier molecular flexibility index (Phi) is 6.14. The summed E-state index contributed by atoms with van der Waals surface area (Å²) in [5.41, 5.74) is 0. The van der Waals surface area contributed by atoms with Crippen molar-refractivity contribution in [2.45, 2.75) is 25.7 Å². The number of rotatable bonds is 5. The van der Waals surface area contributed by atoms with Crippen LogP contribution in [0.4, 0.5) is 0 Å². The first-order valence-electron chi connectivity index (χ1n) is 5.99. The number of nitrogens with one attached hydrogen (secondary N) is 1. The maximum absolute atomic E-state index is 11.7. The quantitative estimate of drug-likeness (QED) is 0.436. The van der Waals surface area contributed by atoms with Gasteiger partial charge in [-0.15, -0.1) is 0 Å². The molecule has 1 aliphatic rings. The lowest BCUT2D eigenvalue weighted by atomic mass is 10.1. The Hall–Kier alpha value is -1.52. The van der Waals surface area contributed by atoms with E-state index in [1.807, 2.05) is 4.90 Å². The van der Waals surface area contributed by atoms with Gasteiger partial charge in [0.15, 0.2) is 0 Å². The molecular formula is C12H20N2O3. The Labute approximate surface area is 102 Å². The van der Waals surface area contributed by atoms with Gasteiger partial charge in [-0.25, -0.2) is 4.79 Å². The van der Waals surface area contributed by atoms with Crippen molar-refractivity contribution in [3.63, 3.8) is 0 Å². The number of esters is 1. The van der Waals surface area contributed by atoms with Crippen LogP contribution in [0.15, 0.2) is 12.3 Å². The molecule has 1 heterocycles. The van der Waals surface area contributed by atoms with E-state index in [-0.39, 0.29) is 5.91 Å². The van der Waals surface area contributed by atoms with E-state index in [0.29, 0.717) is 13.0 Å². The van der Waals surface area contributed by atoms with Crippen LogP contribution in [-0.4, -0.2) is 43.5 Å². The van der Waals surface area contributed by atoms with E-state index in [0.717, 1.165) is 25.9 Å². The Morgan fingerprint density at radius 2 is 2.00 bits per heavy atom. The van der Waals surface area contributed by atoms with E-state index in [9.17, 15) is 9.59 Å². The van der Waals surface area contributed by atoms with E-state index in [2.05, 4.69) is 10.1 Å². The van der Waals surface area contributed by atoms with Gasteiger partial charge in [-0.05, 0) is 19.3 Å². The topological polar surface area (TPSA) is 58.6 Å². The second kappa shape index (κ2) is 7.70. The maximum atomic E-state index is 11.7. The number of hydrogen-bond donors (Lipinski definition) is 1. The van der Waals surface area contributed by atoms with Gasteiger partial charge in [0.05, 0.1) is 7.11 Å². The Morgan fingerprint density at radius 1 is 1.29 bits per heavy atom. The van der Waals surface area contributed by atoms with Gasteiger partial charge < -0.3 is 15.0 Å². The smallest absolute Gasteiger partial charge is 0.331 e. The van der Waals surface area contributed by atoms with Crippen molar-refractivity contribution in [3.05, 3.63) is 12.3 Å². The third kappa shape index (κ3) is 5.38. The standard InChI is InChI=1S/C12H20N2O3/c1-17-12(16)6-8-13-7-5-11(15)14-9-3-2-4-10-14/h6,8,13H,2-5,7,9-10H2,1H3/b8-6+. The highest BCUT2D eigenvalue weighted by Crippen LogP contribution is 2.09. The van der Waals surface area contributed by atoms with Gasteiger partial charge in [0, 0.05) is 38.3 Å². The van der Waals surface area contributed by atoms with Gasteiger partial charge in [-0.1, -0.05) is 0 Å². The lowest BCUT2D eigenvalue weighted by Gasteiger charge is -2.26. The summed E-state index contributed by atoms with van der Waals surface area (Å²) in [6.45, 7) is 2.32. The molecule has 1 N–H and O–H groups in total. The monoisotopic (exact) mass is 240 g/mol. The molecule has 1 rings (SSSR count). The molecule has 1 amide bonds. The van der Waals surface area contributed by atoms with Crippen molar-refractivity contribution in [3.8, 4) is 0 Å². The maximum Gasteiger partial charge on any atom is 0.331 e. The van der Waals surface area contributed by atoms with Gasteiger partial charge >= 0.3 is 5.97 Å². The number of methoxy groups -OCH3 is 1. The molecule has 17 heavy (non-hydrogen) atoms. The summed E-state index contributed by atoms with van der Waals surface area (Å²) >= 11 is 0. The average Bonchev–Trinajstić information content (AvgIpc) is 2.38. The summed E-state index contributed by atoms with van der Waals surface area (Å²) in [6.07, 6.45) is 6.72. The van der Waals surface area contributed by atoms with Crippen molar-refractivity contribution >= 4 is 11.9 Å². The molecule has 1 aliphatic heterocycles. The second-order valence-corrected chi connectivity index (χ2v) is 4.00. The number of piperidine rings is 1. The highest BCUT2D eigenvalue weighted by molar-refractivity contribution is 5.81. The van der Waals surface area contributed by atoms with Crippen LogP contribution in [0, 0.1) is 0 Å². The van der Waals surface area contributed by atoms with Crippen molar-refractivity contribution in [2.24, 2.45) is 0 Å². The lowest BCUT2D eigenvalue weighted by molar-refractivity contribution is -0.135. The molecule has 0 aromatic rings. The predicted octanol–water partition coefficient (Wildman–Crippen LogP) is 0.665. The minimum atomic E-state index is -0.403. The SMILES string of the molecule is COC(=O)/C=C/NCCC(=O)N1CCCCC1. The van der Waals surface area contributed by atoms with Crippen LogP contribution in [0.5, 0.6) is 0 Å². The zero-order valence-corrected chi connectivity index (χ0v) is 10.3. The number of amides is 1. The van der Waals surface area contributed by atoms with Crippen molar-refractivity contribution in [1.29, 1.82) is 0 Å². The van der Waals surface area contributed by atoms with E-state index < -0.39 is 5.97 Å². The summed E-state index contributed by atoms with van der Waals surface area (Å²) in [5, 5.41) is 2.89. The first kappa shape index (κ1) is 13.5. The van der Waals surface area contributed by atoms with Crippen LogP contribution in [0.25, 0.3) is 0 Å². The molecule has 0 spiro atoms. The Bertz CT molecular complexity index is 283. The fourth-order valence-corrected chi connectivity index (χ4v) is 1.76. The highest BCUT2D eigenvalue weighted by atomic mass is 16.5. The van der Waals surface area contributed by atoms with Gasteiger partial charge in [-0.2, -0.15) is 0 Å². The van der Waals surface area contributed by atoms with Crippen LogP contribution in [0.3, 0.4) is 0 Å². The largest absolute Gasteiger partial charge is 0.466 e. The van der Waals surface area contributed by atoms with E-state index in [4.69, 9.17) is 0 Å². The molecule has 1 fully saturated rings. The number of ether oxygens (including phenoxy) is 1. The molecule has 0 aromatic carbocycles. The summed E-state index contributed by atoms with van der Waals surface area (Å²) in [6, 6.07) is 0. The van der Waals surface area contributed by atoms with E-state index in [1.165, 1.54) is 25.8 Å². The molecule has 0 aromatic heterocycles. The van der Waals surface area contributed by atoms with Crippen LogP contribution >= 0.6 is 0 Å². The molecule has 0 aliphatic carbocycles. The first-order valence-corrected chi connectivity index (χ1v) is 5.99. The molecule has 5 nitrogen and oxygen atoms in total. The molecule has 0 bridgehead atoms. The molecular weight excluding hydrogens is 220 g/mol. The number of carbonyl (C=O) groups is 2. The van der Waals surface area contributed by atoms with Crippen molar-refractivity contribution in [1.82, 2.24) is 10.2 Å². The fraction of sp³-hybridized carbons (Fsp3) is 0.667. The van der Waals surface area contributed by atoms with E-state index >= 15 is 0 Å². The summed E-state index contributed by atoms with van der Waals surface area (Å²) in [4.78, 5) is 24.4. The summed E-state index contributed by atoms with van der Waals surface area (Å²) < 4.78 is 4.43. The number of likely N-dealkylation sites (tertiary alicyclic amines) is 1. The molecule has 0 atom stereocenters. The lowest BCUT2D eigenvalue weighted by Crippen LogP contribution is -2.36. The van der Waals surface area contributed by atoms with Gasteiger partial charge in [0.1, 0.15) is 0 Å². The van der Waals surface area contributed by atoms with Gasteiger partial charge in [0.25, 0.3) is 0 Å². The van der Waals surface area contributed by atoms with Crippen LogP contribution in [0.1, 0.15) is 25.7 Å². The van der Waals surface area contributed by atoms with Crippen molar-refractivity contribution < 1.29 is 14.3 Å². The molecule has 96 valence electrons. The zero-order valence-electron chi connectivity index (χ0n) is 10.3. The minimum Gasteiger partial charge on any atom is -0.466 e. The number of nitrogens with zero attached hydrogens (tertiary/aromatic N) is 1.